The van der Waals surface area contributed by atoms with E-state index in [0.29, 0.717) is 0 Å². The van der Waals surface area contributed by atoms with Gasteiger partial charge in [0.2, 0.25) is 0 Å². The maximum atomic E-state index is 9.96. The molecule has 2 N–H and O–H groups in total. The number of anilines is 1. The van der Waals surface area contributed by atoms with Crippen molar-refractivity contribution < 1.29 is 5.11 Å². The average Bonchev–Trinajstić information content (AvgIpc) is 2.46. The Balaban J connectivity index is 2.36. The fourth-order valence-corrected chi connectivity index (χ4v) is 2.64. The average molecular weight is 334 g/mol. The molecule has 2 aromatic rings. The third-order valence-electron chi connectivity index (χ3n) is 3.67. The number of nitrogens with one attached hydrogen (secondary N) is 1. The second kappa shape index (κ2) is 6.42. The van der Waals surface area contributed by atoms with Crippen molar-refractivity contribution in [3.63, 3.8) is 0 Å². The molecule has 0 heterocycles. The van der Waals surface area contributed by atoms with E-state index in [0.717, 1.165) is 22.1 Å². The maximum Gasteiger partial charge on any atom is 0.0854 e. The highest BCUT2D eigenvalue weighted by Crippen LogP contribution is 2.30. The number of rotatable bonds is 5. The summed E-state index contributed by atoms with van der Waals surface area (Å²) in [7, 11) is 0. The number of halogens is 1. The molecule has 1 unspecified atom stereocenters. The number of aliphatic hydroxyl groups excluding tert-OH is 1. The summed E-state index contributed by atoms with van der Waals surface area (Å²) in [4.78, 5) is 0. The van der Waals surface area contributed by atoms with Crippen LogP contribution < -0.4 is 5.32 Å². The second-order valence-electron chi connectivity index (χ2n) is 5.10. The molecule has 20 heavy (non-hydrogen) atoms. The van der Waals surface area contributed by atoms with Crippen LogP contribution in [-0.4, -0.2) is 11.7 Å². The van der Waals surface area contributed by atoms with Crippen LogP contribution in [0.1, 0.15) is 24.5 Å². The predicted octanol–water partition coefficient (Wildman–Crippen LogP) is 4.47. The van der Waals surface area contributed by atoms with Gasteiger partial charge in [-0.1, -0.05) is 47.1 Å². The smallest absolute Gasteiger partial charge is 0.0854 e. The van der Waals surface area contributed by atoms with Crippen LogP contribution in [0.2, 0.25) is 0 Å². The van der Waals surface area contributed by atoms with Crippen molar-refractivity contribution in [1.82, 2.24) is 0 Å². The molecule has 0 amide bonds. The van der Waals surface area contributed by atoms with Gasteiger partial charge in [-0.05, 0) is 48.7 Å². The van der Waals surface area contributed by atoms with Gasteiger partial charge in [-0.2, -0.15) is 0 Å². The minimum absolute atomic E-state index is 0.0546. The van der Waals surface area contributed by atoms with Crippen LogP contribution in [0, 0.1) is 6.92 Å². The van der Waals surface area contributed by atoms with Crippen LogP contribution in [0.3, 0.4) is 0 Å². The Bertz CT molecular complexity index is 561. The SMILES string of the molecule is CCC(CO)(Nc1cccc(C)c1)c1ccc(Br)cc1. The third kappa shape index (κ3) is 3.22. The summed E-state index contributed by atoms with van der Waals surface area (Å²) < 4.78 is 1.04. The molecule has 0 saturated heterocycles. The predicted molar refractivity (Wildman–Crippen MR) is 88.0 cm³/mol. The monoisotopic (exact) mass is 333 g/mol. The third-order valence-corrected chi connectivity index (χ3v) is 4.20. The first-order valence-electron chi connectivity index (χ1n) is 6.81. The molecule has 2 nitrogen and oxygen atoms in total. The van der Waals surface area contributed by atoms with Gasteiger partial charge in [0.1, 0.15) is 0 Å². The van der Waals surface area contributed by atoms with Crippen molar-refractivity contribution in [2.24, 2.45) is 0 Å². The molecule has 106 valence electrons. The zero-order valence-electron chi connectivity index (χ0n) is 11.9. The van der Waals surface area contributed by atoms with Crippen LogP contribution in [0.25, 0.3) is 0 Å². The molecule has 0 aliphatic heterocycles. The number of aryl methyl sites for hydroxylation is 1. The highest BCUT2D eigenvalue weighted by atomic mass is 79.9. The summed E-state index contributed by atoms with van der Waals surface area (Å²) in [5.41, 5.74) is 2.87. The van der Waals surface area contributed by atoms with Crippen molar-refractivity contribution in [3.05, 3.63) is 64.1 Å². The molecule has 1 atom stereocenters. The van der Waals surface area contributed by atoms with E-state index in [1.54, 1.807) is 0 Å². The van der Waals surface area contributed by atoms with Crippen molar-refractivity contribution in [3.8, 4) is 0 Å². The Morgan fingerprint density at radius 2 is 1.85 bits per heavy atom. The van der Waals surface area contributed by atoms with E-state index in [-0.39, 0.29) is 6.61 Å². The summed E-state index contributed by atoms with van der Waals surface area (Å²) >= 11 is 3.45. The molecule has 0 radical (unpaired) electrons. The van der Waals surface area contributed by atoms with E-state index in [4.69, 9.17) is 0 Å². The summed E-state index contributed by atoms with van der Waals surface area (Å²) in [6.45, 7) is 4.21. The van der Waals surface area contributed by atoms with Crippen LogP contribution in [0.15, 0.2) is 53.0 Å². The van der Waals surface area contributed by atoms with Gasteiger partial charge in [-0.3, -0.25) is 0 Å². The molecular weight excluding hydrogens is 314 g/mol. The van der Waals surface area contributed by atoms with Gasteiger partial charge in [-0.25, -0.2) is 0 Å². The lowest BCUT2D eigenvalue weighted by Gasteiger charge is -2.34. The van der Waals surface area contributed by atoms with Crippen molar-refractivity contribution in [2.45, 2.75) is 25.8 Å². The minimum atomic E-state index is -0.450. The molecule has 0 spiro atoms. The van der Waals surface area contributed by atoms with Crippen LogP contribution in [-0.2, 0) is 5.54 Å². The molecule has 2 aromatic carbocycles. The number of aliphatic hydroxyl groups is 1. The second-order valence-corrected chi connectivity index (χ2v) is 6.01. The lowest BCUT2D eigenvalue weighted by molar-refractivity contribution is 0.207. The lowest BCUT2D eigenvalue weighted by Crippen LogP contribution is -2.38. The summed E-state index contributed by atoms with van der Waals surface area (Å²) in [6, 6.07) is 16.3. The normalized spacial score (nSPS) is 13.8. The van der Waals surface area contributed by atoms with Gasteiger partial charge in [-0.15, -0.1) is 0 Å². The van der Waals surface area contributed by atoms with Crippen molar-refractivity contribution >= 4 is 21.6 Å². The van der Waals surface area contributed by atoms with Gasteiger partial charge < -0.3 is 10.4 Å². The van der Waals surface area contributed by atoms with Crippen molar-refractivity contribution in [1.29, 1.82) is 0 Å². The summed E-state index contributed by atoms with van der Waals surface area (Å²) in [5, 5.41) is 13.5. The number of benzene rings is 2. The highest BCUT2D eigenvalue weighted by molar-refractivity contribution is 9.10. The number of hydrogen-bond acceptors (Lipinski definition) is 2. The van der Waals surface area contributed by atoms with E-state index in [9.17, 15) is 5.11 Å². The Kier molecular flexibility index (Phi) is 4.84. The van der Waals surface area contributed by atoms with E-state index < -0.39 is 5.54 Å². The molecule has 0 saturated carbocycles. The van der Waals surface area contributed by atoms with Crippen LogP contribution in [0.4, 0.5) is 5.69 Å². The van der Waals surface area contributed by atoms with Gasteiger partial charge in [0.25, 0.3) is 0 Å². The zero-order valence-corrected chi connectivity index (χ0v) is 13.4. The maximum absolute atomic E-state index is 9.96. The quantitative estimate of drug-likeness (QED) is 0.846. The fraction of sp³-hybridized carbons (Fsp3) is 0.294. The van der Waals surface area contributed by atoms with Gasteiger partial charge >= 0.3 is 0 Å². The molecule has 0 aliphatic rings. The van der Waals surface area contributed by atoms with Crippen LogP contribution >= 0.6 is 15.9 Å². The van der Waals surface area contributed by atoms with Gasteiger partial charge in [0.15, 0.2) is 0 Å². The Labute approximate surface area is 129 Å². The largest absolute Gasteiger partial charge is 0.394 e. The molecule has 2 rings (SSSR count). The molecule has 0 bridgehead atoms. The van der Waals surface area contributed by atoms with Crippen molar-refractivity contribution in [2.75, 3.05) is 11.9 Å². The molecule has 3 heteroatoms. The highest BCUT2D eigenvalue weighted by Gasteiger charge is 2.29. The molecular formula is C17H20BrNO. The Hall–Kier alpha value is -1.32. The minimum Gasteiger partial charge on any atom is -0.394 e. The molecule has 0 fully saturated rings. The lowest BCUT2D eigenvalue weighted by atomic mass is 9.87. The van der Waals surface area contributed by atoms with E-state index in [1.807, 2.05) is 36.4 Å². The Morgan fingerprint density at radius 1 is 1.15 bits per heavy atom. The first-order valence-corrected chi connectivity index (χ1v) is 7.61. The molecule has 0 aromatic heterocycles. The Morgan fingerprint density at radius 3 is 2.40 bits per heavy atom. The number of hydrogen-bond donors (Lipinski definition) is 2. The summed E-state index contributed by atoms with van der Waals surface area (Å²) in [6.07, 6.45) is 0.805. The van der Waals surface area contributed by atoms with E-state index in [2.05, 4.69) is 47.2 Å². The standard InChI is InChI=1S/C17H20BrNO/c1-3-17(12-20,14-7-9-15(18)10-8-14)19-16-6-4-5-13(2)11-16/h4-11,19-20H,3,12H2,1-2H3. The molecule has 0 aliphatic carbocycles. The van der Waals surface area contributed by atoms with Crippen LogP contribution in [0.5, 0.6) is 0 Å². The first-order chi connectivity index (χ1) is 9.59. The fourth-order valence-electron chi connectivity index (χ4n) is 2.38. The topological polar surface area (TPSA) is 32.3 Å². The zero-order chi connectivity index (χ0) is 14.6. The van der Waals surface area contributed by atoms with E-state index in [1.165, 1.54) is 5.56 Å². The summed E-state index contributed by atoms with van der Waals surface area (Å²) in [5.74, 6) is 0. The van der Waals surface area contributed by atoms with Gasteiger partial charge in [0, 0.05) is 10.2 Å². The first kappa shape index (κ1) is 15.1. The van der Waals surface area contributed by atoms with E-state index >= 15 is 0 Å². The van der Waals surface area contributed by atoms with Gasteiger partial charge in [0.05, 0.1) is 12.1 Å².